The average Bonchev–Trinajstić information content (AvgIpc) is 3.21. The number of esters is 3. The van der Waals surface area contributed by atoms with Crippen molar-refractivity contribution < 1.29 is 42.8 Å². The summed E-state index contributed by atoms with van der Waals surface area (Å²) in [6.45, 7) is 5.18. The largest absolute Gasteiger partial charge is 0.459 e. The van der Waals surface area contributed by atoms with E-state index in [1.54, 1.807) is 0 Å². The van der Waals surface area contributed by atoms with Gasteiger partial charge >= 0.3 is 17.9 Å². The summed E-state index contributed by atoms with van der Waals surface area (Å²) in [7, 11) is 0. The second-order valence-corrected chi connectivity index (χ2v) is 6.49. The third kappa shape index (κ3) is 5.86. The molecule has 2 unspecified atom stereocenters. The number of carbonyl (C=O) groups is 3. The molecule has 0 aromatic carbocycles. The van der Waals surface area contributed by atoms with Crippen molar-refractivity contribution in [3.63, 3.8) is 0 Å². The molecule has 0 bridgehead atoms. The van der Waals surface area contributed by atoms with Crippen LogP contribution in [0.1, 0.15) is 33.6 Å². The van der Waals surface area contributed by atoms with Gasteiger partial charge in [0.15, 0.2) is 18.0 Å². The summed E-state index contributed by atoms with van der Waals surface area (Å²) in [5, 5.41) is 0. The second kappa shape index (κ2) is 9.45. The molecular formula is C17H27NO9. The van der Waals surface area contributed by atoms with E-state index < -0.39 is 48.1 Å². The Bertz CT molecular complexity index is 555. The lowest BCUT2D eigenvalue weighted by molar-refractivity contribution is -0.278. The van der Waals surface area contributed by atoms with Crippen LogP contribution in [0.4, 0.5) is 0 Å². The summed E-state index contributed by atoms with van der Waals surface area (Å²) >= 11 is 0. The van der Waals surface area contributed by atoms with Crippen molar-refractivity contribution in [2.45, 2.75) is 63.8 Å². The van der Waals surface area contributed by atoms with E-state index in [0.717, 1.165) is 0 Å². The Morgan fingerprint density at radius 3 is 2.26 bits per heavy atom. The fourth-order valence-electron chi connectivity index (χ4n) is 3.19. The molecule has 10 nitrogen and oxygen atoms in total. The molecule has 27 heavy (non-hydrogen) atoms. The van der Waals surface area contributed by atoms with Crippen LogP contribution in [0.5, 0.6) is 0 Å². The van der Waals surface area contributed by atoms with Gasteiger partial charge in [-0.3, -0.25) is 14.4 Å². The zero-order chi connectivity index (χ0) is 20.0. The maximum Gasteiger partial charge on any atom is 0.303 e. The fraction of sp³-hybridized carbons (Fsp3) is 0.824. The molecule has 0 radical (unpaired) electrons. The van der Waals surface area contributed by atoms with Gasteiger partial charge in [0.25, 0.3) is 0 Å². The number of nitrogens with two attached hydrogens (primary N) is 1. The summed E-state index contributed by atoms with van der Waals surface area (Å²) < 4.78 is 32.8. The maximum atomic E-state index is 11.6. The van der Waals surface area contributed by atoms with Crippen molar-refractivity contribution in [1.82, 2.24) is 0 Å². The van der Waals surface area contributed by atoms with Gasteiger partial charge in [-0.1, -0.05) is 0 Å². The molecule has 5 atom stereocenters. The molecule has 2 rings (SSSR count). The first kappa shape index (κ1) is 21.5. The number of carbonyl (C=O) groups excluding carboxylic acids is 3. The fourth-order valence-corrected chi connectivity index (χ4v) is 3.19. The van der Waals surface area contributed by atoms with E-state index in [1.807, 2.05) is 0 Å². The monoisotopic (exact) mass is 389 g/mol. The molecule has 0 amide bonds. The third-order valence-electron chi connectivity index (χ3n) is 4.20. The van der Waals surface area contributed by atoms with Gasteiger partial charge in [0, 0.05) is 40.2 Å². The molecule has 1 aliphatic heterocycles. The van der Waals surface area contributed by atoms with Gasteiger partial charge in [0.2, 0.25) is 0 Å². The molecule has 154 valence electrons. The Hall–Kier alpha value is -1.75. The summed E-state index contributed by atoms with van der Waals surface area (Å²) in [5.74, 6) is -1.56. The standard InChI is InChI=1S/C17H27NO9/c1-10(19)24-13-8-15(23-7-6-22-5-4-18)27-17(16(13)26-12(3)21)9-14(17)25-11(2)20/h13-16H,4-9,18H2,1-3H3/t13-,14?,15-,16-,17?/m1/s1. The normalized spacial score (nSPS) is 32.0. The third-order valence-corrected chi connectivity index (χ3v) is 4.20. The van der Waals surface area contributed by atoms with Crippen LogP contribution in [0.15, 0.2) is 0 Å². The Balaban J connectivity index is 2.09. The van der Waals surface area contributed by atoms with Gasteiger partial charge in [0.1, 0.15) is 12.2 Å². The quantitative estimate of drug-likeness (QED) is 0.317. The van der Waals surface area contributed by atoms with Crippen LogP contribution in [-0.2, 0) is 42.8 Å². The zero-order valence-electron chi connectivity index (χ0n) is 15.8. The van der Waals surface area contributed by atoms with Crippen LogP contribution in [0.2, 0.25) is 0 Å². The predicted octanol–water partition coefficient (Wildman–Crippen LogP) is -0.338. The number of hydrogen-bond acceptors (Lipinski definition) is 10. The van der Waals surface area contributed by atoms with E-state index >= 15 is 0 Å². The minimum Gasteiger partial charge on any atom is -0.459 e. The lowest BCUT2D eigenvalue weighted by Gasteiger charge is -2.41. The van der Waals surface area contributed by atoms with Crippen LogP contribution in [0, 0.1) is 0 Å². The topological polar surface area (TPSA) is 133 Å². The SMILES string of the molecule is CC(=O)OC1CC12O[C@@H](OCCOCCN)C[C@@H](OC(C)=O)[C@H]2OC(C)=O. The van der Waals surface area contributed by atoms with Gasteiger partial charge in [-0.25, -0.2) is 0 Å². The molecule has 1 heterocycles. The molecule has 2 N–H and O–H groups in total. The minimum atomic E-state index is -1.10. The summed E-state index contributed by atoms with van der Waals surface area (Å²) in [4.78, 5) is 34.4. The Kier molecular flexibility index (Phi) is 7.54. The Labute approximate surface area is 157 Å². The van der Waals surface area contributed by atoms with Crippen LogP contribution in [0.25, 0.3) is 0 Å². The van der Waals surface area contributed by atoms with Gasteiger partial charge in [0.05, 0.1) is 19.8 Å². The molecule has 1 aliphatic carbocycles. The van der Waals surface area contributed by atoms with Crippen molar-refractivity contribution in [3.05, 3.63) is 0 Å². The number of rotatable bonds is 9. The van der Waals surface area contributed by atoms with Crippen LogP contribution in [0.3, 0.4) is 0 Å². The minimum absolute atomic E-state index is 0.170. The highest BCUT2D eigenvalue weighted by molar-refractivity contribution is 5.68. The van der Waals surface area contributed by atoms with E-state index in [-0.39, 0.29) is 13.0 Å². The lowest BCUT2D eigenvalue weighted by Crippen LogP contribution is -2.56. The first-order chi connectivity index (χ1) is 12.8. The van der Waals surface area contributed by atoms with Gasteiger partial charge in [-0.2, -0.15) is 0 Å². The predicted molar refractivity (Wildman–Crippen MR) is 89.3 cm³/mol. The van der Waals surface area contributed by atoms with Crippen LogP contribution >= 0.6 is 0 Å². The van der Waals surface area contributed by atoms with Crippen molar-refractivity contribution in [1.29, 1.82) is 0 Å². The zero-order valence-corrected chi connectivity index (χ0v) is 15.8. The molecule has 0 aromatic rings. The van der Waals surface area contributed by atoms with E-state index in [4.69, 9.17) is 34.2 Å². The smallest absolute Gasteiger partial charge is 0.303 e. The van der Waals surface area contributed by atoms with Gasteiger partial charge < -0.3 is 34.2 Å². The summed E-state index contributed by atoms with van der Waals surface area (Å²) in [6, 6.07) is 0. The highest BCUT2D eigenvalue weighted by Crippen LogP contribution is 2.52. The molecule has 2 fully saturated rings. The van der Waals surface area contributed by atoms with E-state index in [1.165, 1.54) is 20.8 Å². The summed E-state index contributed by atoms with van der Waals surface area (Å²) in [5.41, 5.74) is 4.25. The van der Waals surface area contributed by atoms with Crippen LogP contribution < -0.4 is 5.73 Å². The Morgan fingerprint density at radius 1 is 1.00 bits per heavy atom. The van der Waals surface area contributed by atoms with E-state index in [9.17, 15) is 14.4 Å². The molecule has 0 aromatic heterocycles. The average molecular weight is 389 g/mol. The second-order valence-electron chi connectivity index (χ2n) is 6.49. The van der Waals surface area contributed by atoms with Crippen molar-refractivity contribution in [3.8, 4) is 0 Å². The van der Waals surface area contributed by atoms with Gasteiger partial charge in [-0.05, 0) is 0 Å². The molecule has 2 aliphatic rings. The van der Waals surface area contributed by atoms with Crippen molar-refractivity contribution >= 4 is 17.9 Å². The highest BCUT2D eigenvalue weighted by Gasteiger charge is 2.70. The molecule has 1 saturated heterocycles. The van der Waals surface area contributed by atoms with Gasteiger partial charge in [-0.15, -0.1) is 0 Å². The van der Waals surface area contributed by atoms with Crippen molar-refractivity contribution in [2.24, 2.45) is 5.73 Å². The number of hydrogen-bond donors (Lipinski definition) is 1. The van der Waals surface area contributed by atoms with Crippen LogP contribution in [-0.4, -0.2) is 74.5 Å². The number of ether oxygens (including phenoxy) is 6. The van der Waals surface area contributed by atoms with Crippen molar-refractivity contribution in [2.75, 3.05) is 26.4 Å². The maximum absolute atomic E-state index is 11.6. The first-order valence-corrected chi connectivity index (χ1v) is 8.87. The molecule has 1 saturated carbocycles. The molecule has 10 heteroatoms. The molecule has 1 spiro atoms. The first-order valence-electron chi connectivity index (χ1n) is 8.87. The van der Waals surface area contributed by atoms with E-state index in [2.05, 4.69) is 0 Å². The highest BCUT2D eigenvalue weighted by atomic mass is 16.7. The molecular weight excluding hydrogens is 362 g/mol. The lowest BCUT2D eigenvalue weighted by atomic mass is 9.98. The summed E-state index contributed by atoms with van der Waals surface area (Å²) in [6.07, 6.45) is -2.54. The Morgan fingerprint density at radius 2 is 1.67 bits per heavy atom. The van der Waals surface area contributed by atoms with E-state index in [0.29, 0.717) is 26.2 Å².